The van der Waals surface area contributed by atoms with E-state index >= 15 is 0 Å². The lowest BCUT2D eigenvalue weighted by Crippen LogP contribution is -2.46. The number of unbranched alkanes of at least 4 members (excludes halogenated alkanes) is 2. The summed E-state index contributed by atoms with van der Waals surface area (Å²) in [5.74, 6) is 1.33. The maximum atomic E-state index is 11.7. The lowest BCUT2D eigenvalue weighted by atomic mass is 9.58. The first kappa shape index (κ1) is 9.95. The van der Waals surface area contributed by atoms with E-state index in [1.165, 1.54) is 32.1 Å². The van der Waals surface area contributed by atoms with Crippen LogP contribution in [0.4, 0.5) is 0 Å². The monoisotopic (exact) mass is 192 g/mol. The zero-order valence-electron chi connectivity index (χ0n) is 8.93. The number of fused-ring (bicyclic) bond motifs is 1. The van der Waals surface area contributed by atoms with Crippen LogP contribution in [0.25, 0.3) is 0 Å². The van der Waals surface area contributed by atoms with Gasteiger partial charge >= 0.3 is 0 Å². The number of allylic oxidation sites excluding steroid dienone is 1. The van der Waals surface area contributed by atoms with Gasteiger partial charge in [-0.25, -0.2) is 0 Å². The quantitative estimate of drug-likeness (QED) is 0.481. The molecule has 0 aromatic rings. The SMILES string of the molecule is C=CCCCC[C@@]12CCC[C@@H]1CC2=O. The molecule has 0 aliphatic heterocycles. The topological polar surface area (TPSA) is 17.1 Å². The van der Waals surface area contributed by atoms with Gasteiger partial charge in [0.1, 0.15) is 5.78 Å². The first-order valence-electron chi connectivity index (χ1n) is 5.94. The van der Waals surface area contributed by atoms with Gasteiger partial charge in [-0.15, -0.1) is 6.58 Å². The van der Waals surface area contributed by atoms with Crippen molar-refractivity contribution in [3.8, 4) is 0 Å². The van der Waals surface area contributed by atoms with Gasteiger partial charge in [0, 0.05) is 11.8 Å². The molecule has 0 aromatic carbocycles. The highest BCUT2D eigenvalue weighted by molar-refractivity contribution is 5.91. The van der Waals surface area contributed by atoms with Crippen LogP contribution in [0.2, 0.25) is 0 Å². The standard InChI is InChI=1S/C13H20O/c1-2-3-4-5-8-13-9-6-7-11(13)10-12(13)14/h2,11H,1,3-10H2/t11-,13-/m1/s1. The molecule has 0 heterocycles. The highest BCUT2D eigenvalue weighted by Gasteiger charge is 2.55. The van der Waals surface area contributed by atoms with Crippen LogP contribution in [0, 0.1) is 11.3 Å². The summed E-state index contributed by atoms with van der Waals surface area (Å²) in [6, 6.07) is 0. The Morgan fingerprint density at radius 3 is 3.00 bits per heavy atom. The normalized spacial score (nSPS) is 35.1. The molecule has 0 radical (unpaired) electrons. The predicted octanol–water partition coefficient (Wildman–Crippen LogP) is 3.49. The van der Waals surface area contributed by atoms with Gasteiger partial charge in [0.05, 0.1) is 0 Å². The maximum Gasteiger partial charge on any atom is 0.139 e. The van der Waals surface area contributed by atoms with Crippen LogP contribution >= 0.6 is 0 Å². The Morgan fingerprint density at radius 1 is 1.50 bits per heavy atom. The molecule has 0 unspecified atom stereocenters. The molecule has 0 saturated heterocycles. The molecule has 2 aliphatic rings. The molecule has 14 heavy (non-hydrogen) atoms. The molecular weight excluding hydrogens is 172 g/mol. The van der Waals surface area contributed by atoms with Gasteiger partial charge in [-0.3, -0.25) is 4.79 Å². The van der Waals surface area contributed by atoms with Crippen LogP contribution in [0.15, 0.2) is 12.7 Å². The number of hydrogen-bond donors (Lipinski definition) is 0. The van der Waals surface area contributed by atoms with Crippen LogP contribution in [-0.4, -0.2) is 5.78 Å². The Hall–Kier alpha value is -0.590. The molecule has 0 N–H and O–H groups in total. The molecule has 0 aromatic heterocycles. The molecule has 0 amide bonds. The van der Waals surface area contributed by atoms with Crippen LogP contribution in [0.1, 0.15) is 51.4 Å². The van der Waals surface area contributed by atoms with E-state index in [0.29, 0.717) is 5.78 Å². The van der Waals surface area contributed by atoms with E-state index in [2.05, 4.69) is 6.58 Å². The summed E-state index contributed by atoms with van der Waals surface area (Å²) < 4.78 is 0. The van der Waals surface area contributed by atoms with Gasteiger partial charge < -0.3 is 0 Å². The average Bonchev–Trinajstić information content (AvgIpc) is 2.51. The minimum Gasteiger partial charge on any atom is -0.299 e. The summed E-state index contributed by atoms with van der Waals surface area (Å²) in [4.78, 5) is 11.7. The predicted molar refractivity (Wildman–Crippen MR) is 58.1 cm³/mol. The van der Waals surface area contributed by atoms with Gasteiger partial charge in [0.25, 0.3) is 0 Å². The summed E-state index contributed by atoms with van der Waals surface area (Å²) in [5, 5.41) is 0. The second-order valence-corrected chi connectivity index (χ2v) is 4.91. The van der Waals surface area contributed by atoms with Crippen molar-refractivity contribution in [3.05, 3.63) is 12.7 Å². The third-order valence-electron chi connectivity index (χ3n) is 4.23. The Morgan fingerprint density at radius 2 is 2.36 bits per heavy atom. The first-order chi connectivity index (χ1) is 6.79. The summed E-state index contributed by atoms with van der Waals surface area (Å²) >= 11 is 0. The molecule has 1 nitrogen and oxygen atoms in total. The lowest BCUT2D eigenvalue weighted by molar-refractivity contribution is -0.144. The van der Waals surface area contributed by atoms with E-state index in [1.807, 2.05) is 6.08 Å². The van der Waals surface area contributed by atoms with Crippen molar-refractivity contribution in [2.45, 2.75) is 51.4 Å². The molecule has 0 spiro atoms. The highest BCUT2D eigenvalue weighted by atomic mass is 16.1. The lowest BCUT2D eigenvalue weighted by Gasteiger charge is -2.43. The number of carbonyl (C=O) groups excluding carboxylic acids is 1. The molecule has 2 rings (SSSR count). The number of carbonyl (C=O) groups is 1. The molecule has 2 saturated carbocycles. The van der Waals surface area contributed by atoms with Crippen molar-refractivity contribution in [2.75, 3.05) is 0 Å². The zero-order chi connectivity index (χ0) is 10.0. The third-order valence-corrected chi connectivity index (χ3v) is 4.23. The van der Waals surface area contributed by atoms with Crippen LogP contribution < -0.4 is 0 Å². The Labute approximate surface area is 86.6 Å². The minimum absolute atomic E-state index is 0.168. The van der Waals surface area contributed by atoms with E-state index < -0.39 is 0 Å². The molecule has 0 bridgehead atoms. The Balaban J connectivity index is 1.83. The fourth-order valence-corrected chi connectivity index (χ4v) is 3.30. The number of hydrogen-bond acceptors (Lipinski definition) is 1. The van der Waals surface area contributed by atoms with Crippen molar-refractivity contribution >= 4 is 5.78 Å². The molecule has 2 aliphatic carbocycles. The Bertz CT molecular complexity index is 244. The molecule has 78 valence electrons. The van der Waals surface area contributed by atoms with E-state index in [-0.39, 0.29) is 5.41 Å². The van der Waals surface area contributed by atoms with Gasteiger partial charge in [-0.05, 0) is 38.0 Å². The fraction of sp³-hybridized carbons (Fsp3) is 0.769. The van der Waals surface area contributed by atoms with Crippen molar-refractivity contribution in [1.29, 1.82) is 0 Å². The number of ketones is 1. The molecule has 2 fully saturated rings. The average molecular weight is 192 g/mol. The fourth-order valence-electron chi connectivity index (χ4n) is 3.30. The summed E-state index contributed by atoms with van der Waals surface area (Å²) in [6.07, 6.45) is 11.3. The van der Waals surface area contributed by atoms with E-state index in [9.17, 15) is 4.79 Å². The van der Waals surface area contributed by atoms with Gasteiger partial charge in [0.2, 0.25) is 0 Å². The van der Waals surface area contributed by atoms with E-state index in [0.717, 1.165) is 25.2 Å². The van der Waals surface area contributed by atoms with Gasteiger partial charge in [-0.2, -0.15) is 0 Å². The zero-order valence-corrected chi connectivity index (χ0v) is 8.93. The second kappa shape index (κ2) is 3.88. The largest absolute Gasteiger partial charge is 0.299 e. The third kappa shape index (κ3) is 1.43. The van der Waals surface area contributed by atoms with Gasteiger partial charge in [0.15, 0.2) is 0 Å². The van der Waals surface area contributed by atoms with E-state index in [1.54, 1.807) is 0 Å². The van der Waals surface area contributed by atoms with E-state index in [4.69, 9.17) is 0 Å². The van der Waals surface area contributed by atoms with Crippen LogP contribution in [0.5, 0.6) is 0 Å². The van der Waals surface area contributed by atoms with Crippen molar-refractivity contribution in [2.24, 2.45) is 11.3 Å². The second-order valence-electron chi connectivity index (χ2n) is 4.91. The summed E-state index contributed by atoms with van der Waals surface area (Å²) in [5.41, 5.74) is 0.168. The number of Topliss-reactive ketones (excluding diaryl/α,β-unsaturated/α-hetero) is 1. The minimum atomic E-state index is 0.168. The summed E-state index contributed by atoms with van der Waals surface area (Å²) in [6.45, 7) is 3.72. The van der Waals surface area contributed by atoms with Gasteiger partial charge in [-0.1, -0.05) is 18.9 Å². The Kier molecular flexibility index (Phi) is 2.76. The summed E-state index contributed by atoms with van der Waals surface area (Å²) in [7, 11) is 0. The molecule has 1 heteroatoms. The van der Waals surface area contributed by atoms with Crippen LogP contribution in [0.3, 0.4) is 0 Å². The van der Waals surface area contributed by atoms with Crippen molar-refractivity contribution in [1.82, 2.24) is 0 Å². The first-order valence-corrected chi connectivity index (χ1v) is 5.94. The smallest absolute Gasteiger partial charge is 0.139 e. The maximum absolute atomic E-state index is 11.7. The molecular formula is C13H20O. The molecule has 2 atom stereocenters. The van der Waals surface area contributed by atoms with Crippen molar-refractivity contribution < 1.29 is 4.79 Å². The number of rotatable bonds is 5. The highest BCUT2D eigenvalue weighted by Crippen LogP contribution is 2.57. The van der Waals surface area contributed by atoms with Crippen molar-refractivity contribution in [3.63, 3.8) is 0 Å². The van der Waals surface area contributed by atoms with Crippen LogP contribution in [-0.2, 0) is 4.79 Å².